The summed E-state index contributed by atoms with van der Waals surface area (Å²) in [6.07, 6.45) is -11.3. The van der Waals surface area contributed by atoms with Crippen LogP contribution < -0.4 is 20.8 Å². The molecule has 84 heavy (non-hydrogen) atoms. The number of hydrogen-bond acceptors (Lipinski definition) is 22. The van der Waals surface area contributed by atoms with Crippen LogP contribution in [0.4, 0.5) is 5.95 Å². The van der Waals surface area contributed by atoms with E-state index in [1.807, 2.05) is 82.3 Å². The molecule has 2 aliphatic heterocycles. The monoisotopic (exact) mass is 1190 g/mol. The highest BCUT2D eigenvalue weighted by Crippen LogP contribution is 2.58. The van der Waals surface area contributed by atoms with Gasteiger partial charge in [-0.25, -0.2) is 14.2 Å². The summed E-state index contributed by atoms with van der Waals surface area (Å²) in [6, 6.07) is 22.9. The van der Waals surface area contributed by atoms with Crippen LogP contribution in [0.25, 0.3) is 11.2 Å². The minimum absolute atomic E-state index is 0.0268. The molecule has 2 aliphatic rings. The van der Waals surface area contributed by atoms with E-state index in [9.17, 15) is 24.0 Å². The first kappa shape index (κ1) is 64.5. The molecule has 4 heterocycles. The SMILES string of the molecule is COc1ccc(C(OC(C(=O)C(C)C)[C@H]2O[C@@H](n3cnc4c(=O)[nH]c(N)nc43)C[C@@H]2OP(=O)(OCCCO[C@@H]2O[C@H](COC(C)=O)[C@@H](OC(C)=O)[C@H](OC(C)=O)[C@H]2OC(C)=O)N(C(C)C)C(C)C)(c2ccccc2)c2ccc(OC)cc2)cc1. The summed E-state index contributed by atoms with van der Waals surface area (Å²) in [5.74, 6) is -3.31. The number of carbonyl (C=O) groups excluding carboxylic acids is 5. The molecular formula is C58H75N6O19P. The third-order valence-corrected chi connectivity index (χ3v) is 16.4. The molecule has 25 nitrogen and oxygen atoms in total. The maximum absolute atomic E-state index is 16.2. The third kappa shape index (κ3) is 14.9. The highest BCUT2D eigenvalue weighted by atomic mass is 31.2. The van der Waals surface area contributed by atoms with Gasteiger partial charge in [-0.05, 0) is 75.1 Å². The first-order valence-corrected chi connectivity index (χ1v) is 29.0. The summed E-state index contributed by atoms with van der Waals surface area (Å²) in [7, 11) is -1.47. The average Bonchev–Trinajstić information content (AvgIpc) is 1.68. The van der Waals surface area contributed by atoms with Crippen LogP contribution in [-0.4, -0.2) is 149 Å². The van der Waals surface area contributed by atoms with Crippen molar-refractivity contribution in [2.45, 2.75) is 155 Å². The smallest absolute Gasteiger partial charge is 0.409 e. The molecule has 0 bridgehead atoms. The van der Waals surface area contributed by atoms with Gasteiger partial charge in [-0.2, -0.15) is 4.98 Å². The second kappa shape index (κ2) is 28.2. The number of esters is 4. The van der Waals surface area contributed by atoms with Crippen molar-refractivity contribution < 1.29 is 85.0 Å². The zero-order valence-corrected chi connectivity index (χ0v) is 50.0. The molecule has 0 radical (unpaired) electrons. The molecule has 2 aromatic heterocycles. The van der Waals surface area contributed by atoms with Crippen molar-refractivity contribution >= 4 is 54.5 Å². The number of methoxy groups -OCH3 is 2. The van der Waals surface area contributed by atoms with E-state index in [0.717, 1.165) is 27.7 Å². The van der Waals surface area contributed by atoms with Crippen LogP contribution in [0.15, 0.2) is 90.0 Å². The van der Waals surface area contributed by atoms with Crippen LogP contribution in [0, 0.1) is 5.92 Å². The van der Waals surface area contributed by atoms with E-state index in [4.69, 9.17) is 62.1 Å². The summed E-state index contributed by atoms with van der Waals surface area (Å²) >= 11 is 0. The maximum atomic E-state index is 16.2. The lowest BCUT2D eigenvalue weighted by atomic mass is 9.79. The van der Waals surface area contributed by atoms with Crippen molar-refractivity contribution in [3.63, 3.8) is 0 Å². The molecule has 0 spiro atoms. The minimum atomic E-state index is -4.58. The van der Waals surface area contributed by atoms with Crippen molar-refractivity contribution in [2.24, 2.45) is 5.92 Å². The van der Waals surface area contributed by atoms with Gasteiger partial charge in [0.1, 0.15) is 54.4 Å². The predicted octanol–water partition coefficient (Wildman–Crippen LogP) is 6.73. The van der Waals surface area contributed by atoms with Crippen LogP contribution >= 0.6 is 7.75 Å². The Balaban J connectivity index is 1.30. The number of fused-ring (bicyclic) bond motifs is 1. The molecule has 0 saturated carbocycles. The number of rotatable bonds is 27. The van der Waals surface area contributed by atoms with Crippen LogP contribution in [-0.2, 0) is 81.1 Å². The number of ketones is 1. The fourth-order valence-corrected chi connectivity index (χ4v) is 12.8. The highest BCUT2D eigenvalue weighted by molar-refractivity contribution is 7.51. The van der Waals surface area contributed by atoms with Gasteiger partial charge in [0, 0.05) is 52.1 Å². The number of nitrogen functional groups attached to an aromatic ring is 1. The second-order valence-corrected chi connectivity index (χ2v) is 22.8. The van der Waals surface area contributed by atoms with Crippen LogP contribution in [0.5, 0.6) is 11.5 Å². The van der Waals surface area contributed by atoms with Gasteiger partial charge in [0.25, 0.3) is 5.56 Å². The van der Waals surface area contributed by atoms with Crippen LogP contribution in [0.1, 0.15) is 105 Å². The Hall–Kier alpha value is -7.09. The van der Waals surface area contributed by atoms with E-state index in [-0.39, 0.29) is 43.2 Å². The zero-order chi connectivity index (χ0) is 61.2. The zero-order valence-electron chi connectivity index (χ0n) is 49.1. The van der Waals surface area contributed by atoms with Crippen molar-refractivity contribution in [3.8, 4) is 11.5 Å². The highest BCUT2D eigenvalue weighted by Gasteiger charge is 2.55. The van der Waals surface area contributed by atoms with Crippen molar-refractivity contribution in [1.82, 2.24) is 24.2 Å². The fraction of sp³-hybridized carbons (Fsp3) is 0.517. The van der Waals surface area contributed by atoms with Gasteiger partial charge < -0.3 is 53.1 Å². The summed E-state index contributed by atoms with van der Waals surface area (Å²) in [5.41, 5.74) is 5.71. The number of nitrogens with zero attached hydrogens (tertiary/aromatic N) is 4. The molecule has 0 aliphatic carbocycles. The number of aromatic nitrogens is 4. The molecular weight excluding hydrogens is 1120 g/mol. The first-order chi connectivity index (χ1) is 39.9. The summed E-state index contributed by atoms with van der Waals surface area (Å²) in [6.45, 7) is 14.2. The van der Waals surface area contributed by atoms with E-state index in [1.54, 1.807) is 57.0 Å². The molecule has 0 amide bonds. The van der Waals surface area contributed by atoms with Gasteiger partial charge in [-0.15, -0.1) is 0 Å². The number of ether oxygens (including phenoxy) is 10. The lowest BCUT2D eigenvalue weighted by Gasteiger charge is -2.44. The molecule has 3 N–H and O–H groups in total. The van der Waals surface area contributed by atoms with Gasteiger partial charge in [0.05, 0.1) is 33.8 Å². The lowest BCUT2D eigenvalue weighted by Crippen LogP contribution is -2.63. The Bertz CT molecular complexity index is 3120. The summed E-state index contributed by atoms with van der Waals surface area (Å²) in [4.78, 5) is 89.1. The minimum Gasteiger partial charge on any atom is -0.497 e. The molecule has 10 atom stereocenters. The Morgan fingerprint density at radius 1 is 0.762 bits per heavy atom. The number of nitrogens with one attached hydrogen (secondary N) is 1. The van der Waals surface area contributed by atoms with Gasteiger partial charge >= 0.3 is 31.6 Å². The Labute approximate surface area is 486 Å². The fourth-order valence-electron chi connectivity index (χ4n) is 10.4. The van der Waals surface area contributed by atoms with E-state index in [2.05, 4.69) is 15.0 Å². The van der Waals surface area contributed by atoms with Gasteiger partial charge in [0.2, 0.25) is 5.95 Å². The molecule has 456 valence electrons. The van der Waals surface area contributed by atoms with Crippen molar-refractivity contribution in [2.75, 3.05) is 39.8 Å². The molecule has 2 unspecified atom stereocenters. The van der Waals surface area contributed by atoms with E-state index >= 15 is 9.36 Å². The number of nitrogens with two attached hydrogens (primary N) is 1. The van der Waals surface area contributed by atoms with E-state index in [1.165, 1.54) is 10.9 Å². The number of imidazole rings is 1. The van der Waals surface area contributed by atoms with Crippen LogP contribution in [0.2, 0.25) is 0 Å². The van der Waals surface area contributed by atoms with Crippen LogP contribution in [0.3, 0.4) is 0 Å². The van der Waals surface area contributed by atoms with Gasteiger partial charge in [0.15, 0.2) is 41.5 Å². The third-order valence-electron chi connectivity index (χ3n) is 13.9. The maximum Gasteiger partial charge on any atom is 0.409 e. The number of benzene rings is 3. The Kier molecular flexibility index (Phi) is 21.6. The topological polar surface area (TPSA) is 306 Å². The number of aromatic amines is 1. The number of hydrogen-bond donors (Lipinski definition) is 2. The standard InChI is InChI=1S/C58H75N6O19P/c1-32(2)48(69)51(82-58(39-17-14-13-15-18-39,40-19-23-42(72-11)24-20-40)41-21-25-43(73-12)26-22-41)49-44(29-46(81-49)63-31-60-47-54(63)61-57(59)62-55(47)70)83-84(71,64(33(3)4)34(5)6)76-28-16-27-74-56-53(79-38(10)68)52(78-37(9)67)50(77-36(8)66)45(80-56)30-75-35(7)65/h13-15,17-26,31-34,44-46,49-53,56H,16,27-30H2,1-12H3,(H3,59,61,62,70)/t44-,45+,46+,49-,50+,51?,52-,53+,56+,84?/m0/s1. The van der Waals surface area contributed by atoms with Gasteiger partial charge in [-0.3, -0.25) is 47.4 Å². The largest absolute Gasteiger partial charge is 0.497 e. The predicted molar refractivity (Wildman–Crippen MR) is 301 cm³/mol. The number of anilines is 1. The molecule has 2 fully saturated rings. The number of H-pyrrole nitrogens is 1. The van der Waals surface area contributed by atoms with E-state index < -0.39 is 128 Å². The van der Waals surface area contributed by atoms with E-state index in [0.29, 0.717) is 28.2 Å². The van der Waals surface area contributed by atoms with Crippen molar-refractivity contribution in [1.29, 1.82) is 0 Å². The number of carbonyl (C=O) groups is 5. The molecule has 7 rings (SSSR count). The number of Topliss-reactive ketones (excluding diaryl/α,β-unsaturated/α-hetero) is 1. The lowest BCUT2D eigenvalue weighted by molar-refractivity contribution is -0.308. The molecule has 5 aromatic rings. The summed E-state index contributed by atoms with van der Waals surface area (Å²) in [5, 5.41) is 0. The summed E-state index contributed by atoms with van der Waals surface area (Å²) < 4.78 is 92.6. The van der Waals surface area contributed by atoms with Gasteiger partial charge in [-0.1, -0.05) is 68.4 Å². The quantitative estimate of drug-likeness (QED) is 0.0181. The Morgan fingerprint density at radius 2 is 1.32 bits per heavy atom. The Morgan fingerprint density at radius 3 is 1.86 bits per heavy atom. The molecule has 2 saturated heterocycles. The molecule has 3 aromatic carbocycles. The second-order valence-electron chi connectivity index (χ2n) is 21.0. The normalized spacial score (nSPS) is 22.0. The van der Waals surface area contributed by atoms with Crippen molar-refractivity contribution in [3.05, 3.63) is 112 Å². The molecule has 26 heteroatoms. The first-order valence-electron chi connectivity index (χ1n) is 27.5. The average molecular weight is 1190 g/mol.